The number of hydrogen-bond acceptors (Lipinski definition) is 5. The van der Waals surface area contributed by atoms with Gasteiger partial charge in [0.25, 0.3) is 5.91 Å². The molecule has 1 atom stereocenters. The zero-order valence-electron chi connectivity index (χ0n) is 15.5. The molecule has 142 valence electrons. The van der Waals surface area contributed by atoms with Crippen molar-refractivity contribution in [3.63, 3.8) is 0 Å². The van der Waals surface area contributed by atoms with Crippen molar-refractivity contribution in [1.82, 2.24) is 5.32 Å². The van der Waals surface area contributed by atoms with Gasteiger partial charge in [-0.15, -0.1) is 0 Å². The minimum atomic E-state index is -0.338. The molecule has 3 aromatic rings. The van der Waals surface area contributed by atoms with Crippen LogP contribution in [0.1, 0.15) is 29.1 Å². The summed E-state index contributed by atoms with van der Waals surface area (Å²) in [6.07, 6.45) is 0. The molecule has 0 saturated carbocycles. The molecule has 1 amide bonds. The number of ether oxygens (including phenoxy) is 3. The third-order valence-electron chi connectivity index (χ3n) is 4.23. The van der Waals surface area contributed by atoms with Gasteiger partial charge in [-0.25, -0.2) is 0 Å². The number of hydrogen-bond donors (Lipinski definition) is 1. The maximum absolute atomic E-state index is 12.7. The first-order valence-corrected chi connectivity index (χ1v) is 9.06. The number of halogens is 1. The van der Waals surface area contributed by atoms with Crippen molar-refractivity contribution >= 4 is 32.8 Å². The summed E-state index contributed by atoms with van der Waals surface area (Å²) in [6, 6.07) is 10.5. The zero-order chi connectivity index (χ0) is 19.6. The molecule has 27 heavy (non-hydrogen) atoms. The molecule has 0 bridgehead atoms. The van der Waals surface area contributed by atoms with Gasteiger partial charge in [-0.1, -0.05) is 12.1 Å². The summed E-state index contributed by atoms with van der Waals surface area (Å²) in [5.74, 6) is 2.05. The Morgan fingerprint density at radius 3 is 2.26 bits per heavy atom. The summed E-state index contributed by atoms with van der Waals surface area (Å²) in [7, 11) is 4.66. The van der Waals surface area contributed by atoms with E-state index in [4.69, 9.17) is 18.6 Å². The van der Waals surface area contributed by atoms with E-state index in [2.05, 4.69) is 21.2 Å². The third-order valence-corrected chi connectivity index (χ3v) is 5.01. The molecule has 0 fully saturated rings. The number of methoxy groups -OCH3 is 3. The molecule has 0 spiro atoms. The Hall–Kier alpha value is -2.67. The first-order valence-electron chi connectivity index (χ1n) is 8.27. The highest BCUT2D eigenvalue weighted by Gasteiger charge is 2.19. The van der Waals surface area contributed by atoms with E-state index in [0.29, 0.717) is 38.6 Å². The van der Waals surface area contributed by atoms with Gasteiger partial charge < -0.3 is 23.9 Å². The number of nitrogens with one attached hydrogen (secondary N) is 1. The van der Waals surface area contributed by atoms with E-state index >= 15 is 0 Å². The van der Waals surface area contributed by atoms with Gasteiger partial charge in [0.2, 0.25) is 0 Å². The fraction of sp³-hybridized carbons (Fsp3) is 0.250. The smallest absolute Gasteiger partial charge is 0.252 e. The highest BCUT2D eigenvalue weighted by Crippen LogP contribution is 2.36. The molecule has 1 N–H and O–H groups in total. The Balaban J connectivity index is 1.86. The van der Waals surface area contributed by atoms with Crippen molar-refractivity contribution in [2.45, 2.75) is 13.0 Å². The Bertz CT molecular complexity index is 957. The molecule has 0 aliphatic heterocycles. The fourth-order valence-corrected chi connectivity index (χ4v) is 3.33. The molecule has 1 aromatic heterocycles. The molecule has 0 aliphatic carbocycles. The fourth-order valence-electron chi connectivity index (χ4n) is 2.78. The van der Waals surface area contributed by atoms with Crippen LogP contribution in [-0.4, -0.2) is 27.2 Å². The van der Waals surface area contributed by atoms with Crippen molar-refractivity contribution in [1.29, 1.82) is 0 Å². The minimum absolute atomic E-state index is 0.265. The lowest BCUT2D eigenvalue weighted by Gasteiger charge is -2.14. The second-order valence-electron chi connectivity index (χ2n) is 5.92. The average Bonchev–Trinajstić information content (AvgIpc) is 3.12. The van der Waals surface area contributed by atoms with Crippen LogP contribution in [0.25, 0.3) is 11.0 Å². The number of carbonyl (C=O) groups excluding carboxylic acids is 1. The van der Waals surface area contributed by atoms with Gasteiger partial charge in [0.05, 0.1) is 27.4 Å². The molecule has 7 heteroatoms. The van der Waals surface area contributed by atoms with Crippen LogP contribution in [0, 0.1) is 0 Å². The van der Waals surface area contributed by atoms with Crippen LogP contribution in [0.3, 0.4) is 0 Å². The van der Waals surface area contributed by atoms with Gasteiger partial charge in [-0.2, -0.15) is 0 Å². The Kier molecular flexibility index (Phi) is 5.60. The van der Waals surface area contributed by atoms with Crippen molar-refractivity contribution in [2.75, 3.05) is 21.3 Å². The highest BCUT2D eigenvalue weighted by molar-refractivity contribution is 9.10. The van der Waals surface area contributed by atoms with E-state index in [1.165, 1.54) is 14.2 Å². The molecule has 2 aromatic carbocycles. The Morgan fingerprint density at radius 1 is 1.04 bits per heavy atom. The van der Waals surface area contributed by atoms with Crippen LogP contribution >= 0.6 is 15.9 Å². The third kappa shape index (κ3) is 3.73. The number of rotatable bonds is 6. The van der Waals surface area contributed by atoms with Crippen LogP contribution in [0.4, 0.5) is 0 Å². The number of para-hydroxylation sites is 1. The first kappa shape index (κ1) is 19.1. The summed E-state index contributed by atoms with van der Waals surface area (Å²) in [5.41, 5.74) is 1.08. The predicted molar refractivity (Wildman–Crippen MR) is 106 cm³/mol. The highest BCUT2D eigenvalue weighted by atomic mass is 79.9. The average molecular weight is 434 g/mol. The first-order chi connectivity index (χ1) is 13.0. The predicted octanol–water partition coefficient (Wildman–Crippen LogP) is 4.71. The molecular weight excluding hydrogens is 414 g/mol. The topological polar surface area (TPSA) is 69.9 Å². The number of amides is 1. The van der Waals surface area contributed by atoms with Crippen LogP contribution in [0.5, 0.6) is 17.2 Å². The van der Waals surface area contributed by atoms with Crippen molar-refractivity contribution in [3.05, 3.63) is 52.2 Å². The second-order valence-corrected chi connectivity index (χ2v) is 6.71. The van der Waals surface area contributed by atoms with Crippen LogP contribution in [-0.2, 0) is 0 Å². The standard InChI is InChI=1S/C20H20BrNO5/c1-11(15-8-12-6-5-7-14(24-2)19(12)27-15)22-20(23)13-9-16(25-3)18(21)17(10-13)26-4/h5-11H,1-4H3,(H,22,23). The molecule has 0 saturated heterocycles. The lowest BCUT2D eigenvalue weighted by Crippen LogP contribution is -2.26. The number of carbonyl (C=O) groups is 1. The van der Waals surface area contributed by atoms with Crippen molar-refractivity contribution in [3.8, 4) is 17.2 Å². The zero-order valence-corrected chi connectivity index (χ0v) is 17.0. The van der Waals surface area contributed by atoms with Gasteiger partial charge in [-0.05, 0) is 47.1 Å². The van der Waals surface area contributed by atoms with Crippen molar-refractivity contribution < 1.29 is 23.4 Å². The van der Waals surface area contributed by atoms with Crippen LogP contribution < -0.4 is 19.5 Å². The Labute approximate surface area is 165 Å². The molecule has 0 radical (unpaired) electrons. The van der Waals surface area contributed by atoms with Crippen molar-refractivity contribution in [2.24, 2.45) is 0 Å². The molecule has 3 rings (SSSR count). The van der Waals surface area contributed by atoms with Gasteiger partial charge in [-0.3, -0.25) is 4.79 Å². The maximum Gasteiger partial charge on any atom is 0.252 e. The number of benzene rings is 2. The SMILES string of the molecule is COc1cc(C(=O)NC(C)c2cc3cccc(OC)c3o2)cc(OC)c1Br. The van der Waals surface area contributed by atoms with Gasteiger partial charge in [0.1, 0.15) is 21.7 Å². The summed E-state index contributed by atoms with van der Waals surface area (Å²) in [6.45, 7) is 1.86. The molecule has 0 aliphatic rings. The van der Waals surface area contributed by atoms with Gasteiger partial charge >= 0.3 is 0 Å². The van der Waals surface area contributed by atoms with Crippen LogP contribution in [0.2, 0.25) is 0 Å². The lowest BCUT2D eigenvalue weighted by molar-refractivity contribution is 0.0935. The minimum Gasteiger partial charge on any atom is -0.495 e. The van der Waals surface area contributed by atoms with E-state index in [1.54, 1.807) is 19.2 Å². The van der Waals surface area contributed by atoms with Crippen LogP contribution in [0.15, 0.2) is 45.3 Å². The molecule has 1 unspecified atom stereocenters. The maximum atomic E-state index is 12.7. The summed E-state index contributed by atoms with van der Waals surface area (Å²) in [5, 5.41) is 3.85. The summed E-state index contributed by atoms with van der Waals surface area (Å²) in [4.78, 5) is 12.7. The van der Waals surface area contributed by atoms with Gasteiger partial charge in [0, 0.05) is 10.9 Å². The normalized spacial score (nSPS) is 11.9. The van der Waals surface area contributed by atoms with E-state index in [9.17, 15) is 4.79 Å². The molecular formula is C20H20BrNO5. The largest absolute Gasteiger partial charge is 0.495 e. The molecule has 6 nitrogen and oxygen atoms in total. The second kappa shape index (κ2) is 7.92. The van der Waals surface area contributed by atoms with E-state index < -0.39 is 0 Å². The summed E-state index contributed by atoms with van der Waals surface area (Å²) >= 11 is 3.40. The van der Waals surface area contributed by atoms with E-state index in [0.717, 1.165) is 5.39 Å². The quantitative estimate of drug-likeness (QED) is 0.609. The summed E-state index contributed by atoms with van der Waals surface area (Å²) < 4.78 is 22.5. The monoisotopic (exact) mass is 433 g/mol. The molecule has 1 heterocycles. The number of fused-ring (bicyclic) bond motifs is 1. The number of furan rings is 1. The van der Waals surface area contributed by atoms with Gasteiger partial charge in [0.15, 0.2) is 11.3 Å². The Morgan fingerprint density at radius 2 is 1.67 bits per heavy atom. The van der Waals surface area contributed by atoms with E-state index in [1.807, 2.05) is 31.2 Å². The lowest BCUT2D eigenvalue weighted by atomic mass is 10.1. The van der Waals surface area contributed by atoms with E-state index in [-0.39, 0.29) is 11.9 Å².